The SMILES string of the molecule is C.CCN=[P+]=S.Cc1cc(C(=O)NCCOCCOCCOCCOCCOCCNC(=O)CCCC(=O)N2OC(=O)CCC2=O)cc(C)c1OC(=O)c1c2ccccc2[n+](CCCS(=O)(=O)[O-])c2ccccc12. The molecule has 2 heterocycles. The van der Waals surface area contributed by atoms with Crippen LogP contribution >= 0.6 is 7.15 Å². The molecule has 24 heteroatoms. The smallest absolute Gasteiger partial charge is 0.345 e. The number of rotatable bonds is 30. The van der Waals surface area contributed by atoms with Gasteiger partial charge in [-0.1, -0.05) is 31.7 Å². The van der Waals surface area contributed by atoms with Crippen molar-refractivity contribution in [3.8, 4) is 5.75 Å². The number of para-hydroxylation sites is 2. The molecule has 1 aromatic heterocycles. The second kappa shape index (κ2) is 34.2. The van der Waals surface area contributed by atoms with E-state index in [1.54, 1.807) is 50.2 Å². The first-order valence-corrected chi connectivity index (χ1v) is 27.2. The standard InChI is InChI=1S/C47H58N4O16S.C2H5NPS.CH4/c1-33-31-35(32-34(2)45(33)66-47(57)44-36-9-3-5-11-38(36)50(19-8-30-68(58,59)60)39-12-6-4-10-37(39)44)46(56)49-18-21-62-23-25-64-27-29-65-28-26-63-24-22-61-20-17-48-40(52)13-7-14-41(53)51-42(54)15-16-43(55)67-51;1-2-3-4-5;/h3-6,9-12,31-32H,7-8,13-30H2,1-2H3,(H2-,48,49,52,56,58,59,60);2H2,1H3;1H4/q;+1;. The Morgan fingerprint density at radius 2 is 1.28 bits per heavy atom. The molecule has 404 valence electrons. The van der Waals surface area contributed by atoms with E-state index in [2.05, 4.69) is 32.0 Å². The number of aryl methyl sites for hydroxylation is 3. The minimum absolute atomic E-state index is 0. The number of hydrogen-bond donors (Lipinski definition) is 2. The number of ether oxygens (including phenoxy) is 6. The van der Waals surface area contributed by atoms with Gasteiger partial charge < -0.3 is 48.4 Å². The molecule has 4 amide bonds. The predicted octanol–water partition coefficient (Wildman–Crippen LogP) is 4.99. The first-order chi connectivity index (χ1) is 35.1. The van der Waals surface area contributed by atoms with Crippen molar-refractivity contribution in [2.45, 2.75) is 73.3 Å². The Kier molecular flexibility index (Phi) is 29.0. The molecule has 1 saturated heterocycles. The molecule has 0 unspecified atom stereocenters. The number of carbonyl (C=O) groups excluding carboxylic acids is 6. The van der Waals surface area contributed by atoms with Gasteiger partial charge >= 0.3 is 49.1 Å². The molecule has 0 spiro atoms. The van der Waals surface area contributed by atoms with Gasteiger partial charge in [-0.15, -0.1) is 5.06 Å². The zero-order chi connectivity index (χ0) is 53.0. The van der Waals surface area contributed by atoms with Gasteiger partial charge in [0.15, 0.2) is 6.54 Å². The van der Waals surface area contributed by atoms with Gasteiger partial charge in [-0.05, 0) is 55.7 Å². The first kappa shape index (κ1) is 62.8. The average molecular weight is 1090 g/mol. The van der Waals surface area contributed by atoms with Crippen LogP contribution in [0.25, 0.3) is 21.8 Å². The topological polar surface area (TPSA) is 268 Å². The summed E-state index contributed by atoms with van der Waals surface area (Å²) in [4.78, 5) is 78.7. The van der Waals surface area contributed by atoms with Crippen molar-refractivity contribution < 1.29 is 79.6 Å². The fourth-order valence-corrected chi connectivity index (χ4v) is 8.24. The summed E-state index contributed by atoms with van der Waals surface area (Å²) in [6.45, 7) is 10.5. The Balaban J connectivity index is 0.00000229. The number of imide groups is 1. The minimum atomic E-state index is -4.39. The van der Waals surface area contributed by atoms with Crippen molar-refractivity contribution in [2.75, 3.05) is 91.5 Å². The van der Waals surface area contributed by atoms with E-state index in [1.165, 1.54) is 0 Å². The average Bonchev–Trinajstić information content (AvgIpc) is 3.36. The number of esters is 1. The van der Waals surface area contributed by atoms with Gasteiger partial charge in [0, 0.05) is 62.2 Å². The third-order valence-corrected chi connectivity index (χ3v) is 12.1. The van der Waals surface area contributed by atoms with Crippen LogP contribution < -0.4 is 19.9 Å². The maximum Gasteiger partial charge on any atom is 0.345 e. The van der Waals surface area contributed by atoms with Gasteiger partial charge in [-0.25, -0.2) is 18.0 Å². The number of hydrogen-bond acceptors (Lipinski definition) is 18. The third-order valence-electron chi connectivity index (χ3n) is 10.6. The van der Waals surface area contributed by atoms with Crippen LogP contribution in [0, 0.1) is 13.8 Å². The van der Waals surface area contributed by atoms with Gasteiger partial charge in [0.25, 0.3) is 17.7 Å². The molecule has 4 aromatic rings. The molecule has 0 aliphatic carbocycles. The van der Waals surface area contributed by atoms with E-state index < -0.39 is 39.6 Å². The first-order valence-electron chi connectivity index (χ1n) is 23.7. The molecule has 1 aliphatic rings. The van der Waals surface area contributed by atoms with Crippen LogP contribution in [-0.4, -0.2) is 145 Å². The molecule has 5 rings (SSSR count). The number of pyridine rings is 1. The second-order valence-corrected chi connectivity index (χ2v) is 18.6. The Labute approximate surface area is 438 Å². The minimum Gasteiger partial charge on any atom is -0.748 e. The van der Waals surface area contributed by atoms with Gasteiger partial charge in [0.05, 0.1) is 98.9 Å². The van der Waals surface area contributed by atoms with E-state index >= 15 is 0 Å². The van der Waals surface area contributed by atoms with Crippen LogP contribution in [0.4, 0.5) is 0 Å². The zero-order valence-electron chi connectivity index (χ0n) is 41.3. The van der Waals surface area contributed by atoms with Crippen LogP contribution in [0.1, 0.15) is 84.7 Å². The molecule has 0 radical (unpaired) electrons. The summed E-state index contributed by atoms with van der Waals surface area (Å²) in [7, 11) is -3.65. The number of benzene rings is 3. The quantitative estimate of drug-likeness (QED) is 0.0132. The second-order valence-electron chi connectivity index (χ2n) is 16.1. The van der Waals surface area contributed by atoms with Crippen molar-refractivity contribution in [3.63, 3.8) is 0 Å². The van der Waals surface area contributed by atoms with Crippen LogP contribution in [0.2, 0.25) is 0 Å². The number of amides is 4. The van der Waals surface area contributed by atoms with Gasteiger partial charge in [-0.3, -0.25) is 19.2 Å². The van der Waals surface area contributed by atoms with E-state index in [1.807, 2.05) is 35.8 Å². The van der Waals surface area contributed by atoms with E-state index in [9.17, 15) is 41.7 Å². The van der Waals surface area contributed by atoms with Crippen LogP contribution in [0.5, 0.6) is 5.75 Å². The van der Waals surface area contributed by atoms with Crippen molar-refractivity contribution in [1.29, 1.82) is 0 Å². The van der Waals surface area contributed by atoms with Gasteiger partial charge in [0.2, 0.25) is 16.9 Å². The number of aromatic nitrogens is 1. The summed E-state index contributed by atoms with van der Waals surface area (Å²) in [6, 6.07) is 17.8. The summed E-state index contributed by atoms with van der Waals surface area (Å²) in [5.74, 6) is -3.23. The van der Waals surface area contributed by atoms with Crippen molar-refractivity contribution in [1.82, 2.24) is 15.7 Å². The maximum atomic E-state index is 14.0. The Hall–Kier alpha value is -5.49. The molecule has 2 N–H and O–H groups in total. The normalized spacial score (nSPS) is 12.3. The molecule has 0 atom stereocenters. The van der Waals surface area contributed by atoms with Crippen molar-refractivity contribution in [2.24, 2.45) is 4.74 Å². The number of carbonyl (C=O) groups is 6. The summed E-state index contributed by atoms with van der Waals surface area (Å²) < 4.78 is 73.1. The summed E-state index contributed by atoms with van der Waals surface area (Å²) in [6.07, 6.45) is 0.143. The summed E-state index contributed by atoms with van der Waals surface area (Å²) >= 11 is 4.46. The summed E-state index contributed by atoms with van der Waals surface area (Å²) in [5, 5.41) is 7.19. The maximum absolute atomic E-state index is 14.0. The van der Waals surface area contributed by atoms with E-state index in [0.717, 1.165) is 13.7 Å². The van der Waals surface area contributed by atoms with Gasteiger partial charge in [-0.2, -0.15) is 4.57 Å². The van der Waals surface area contributed by atoms with Crippen LogP contribution in [-0.2, 0) is 76.2 Å². The Morgan fingerprint density at radius 3 is 1.78 bits per heavy atom. The molecule has 74 heavy (non-hydrogen) atoms. The molecular weight excluding hydrogens is 1020 g/mol. The molecule has 21 nitrogen and oxygen atoms in total. The molecule has 0 bridgehead atoms. The molecule has 1 fully saturated rings. The number of nitrogens with zero attached hydrogens (tertiary/aromatic N) is 3. The molecule has 1 aliphatic heterocycles. The fraction of sp³-hybridized carbons (Fsp3) is 0.500. The number of hydroxylamine groups is 2. The molecule has 0 saturated carbocycles. The van der Waals surface area contributed by atoms with E-state index in [-0.39, 0.29) is 90.6 Å². The monoisotopic (exact) mass is 1090 g/mol. The summed E-state index contributed by atoms with van der Waals surface area (Å²) in [5.41, 5.74) is 3.26. The Morgan fingerprint density at radius 1 is 0.770 bits per heavy atom. The fourth-order valence-electron chi connectivity index (χ4n) is 7.29. The van der Waals surface area contributed by atoms with Crippen molar-refractivity contribution >= 4 is 86.4 Å². The van der Waals surface area contributed by atoms with Crippen LogP contribution in [0.3, 0.4) is 0 Å². The largest absolute Gasteiger partial charge is 0.748 e. The molecule has 3 aromatic carbocycles. The van der Waals surface area contributed by atoms with E-state index in [0.29, 0.717) is 108 Å². The number of fused-ring (bicyclic) bond motifs is 2. The Bertz CT molecular complexity index is 2610. The number of nitrogens with one attached hydrogen (secondary N) is 2. The third kappa shape index (κ3) is 21.8. The van der Waals surface area contributed by atoms with Crippen LogP contribution in [0.15, 0.2) is 65.4 Å². The zero-order valence-corrected chi connectivity index (χ0v) is 43.8. The predicted molar refractivity (Wildman–Crippen MR) is 276 cm³/mol. The van der Waals surface area contributed by atoms with E-state index in [4.69, 9.17) is 28.4 Å². The molecular formula is C50H67N5O16PS2+. The van der Waals surface area contributed by atoms with Gasteiger partial charge in [0.1, 0.15) is 5.75 Å². The van der Waals surface area contributed by atoms with Crippen molar-refractivity contribution in [3.05, 3.63) is 82.9 Å².